The first-order chi connectivity index (χ1) is 9.81. The lowest BCUT2D eigenvalue weighted by Crippen LogP contribution is -2.41. The second-order valence-electron chi connectivity index (χ2n) is 4.61. The number of anilines is 1. The van der Waals surface area contributed by atoms with Gasteiger partial charge in [0, 0.05) is 10.8 Å². The van der Waals surface area contributed by atoms with Crippen LogP contribution >= 0.6 is 11.8 Å². The number of ketones is 1. The molecule has 0 saturated carbocycles. The average Bonchev–Trinajstić information content (AvgIpc) is 2.37. The van der Waals surface area contributed by atoms with Gasteiger partial charge in [-0.1, -0.05) is 26.0 Å². The zero-order chi connectivity index (χ0) is 16.0. The monoisotopic (exact) mass is 310 g/mol. The molecule has 2 amide bonds. The normalized spacial score (nSPS) is 11.8. The summed E-state index contributed by atoms with van der Waals surface area (Å²) in [6, 6.07) is 6.60. The standard InChI is InChI=1S/C14H18N2O4S/c1-8(2)21-13(16-14(19)20)12(18)15-11-7-5-4-6-10(11)9(3)17/h4-8,13,16H,1-3H3,(H,15,18)(H,19,20). The van der Waals surface area contributed by atoms with E-state index in [-0.39, 0.29) is 11.0 Å². The van der Waals surface area contributed by atoms with Crippen LogP contribution in [0.2, 0.25) is 0 Å². The van der Waals surface area contributed by atoms with Crippen molar-refractivity contribution in [3.8, 4) is 0 Å². The Morgan fingerprint density at radius 2 is 1.81 bits per heavy atom. The molecule has 0 aliphatic carbocycles. The Labute approximate surface area is 127 Å². The summed E-state index contributed by atoms with van der Waals surface area (Å²) in [4.78, 5) is 34.5. The van der Waals surface area contributed by atoms with Crippen LogP contribution in [-0.4, -0.2) is 33.5 Å². The summed E-state index contributed by atoms with van der Waals surface area (Å²) >= 11 is 1.18. The van der Waals surface area contributed by atoms with E-state index in [0.717, 1.165) is 0 Å². The largest absolute Gasteiger partial charge is 0.465 e. The van der Waals surface area contributed by atoms with E-state index in [9.17, 15) is 14.4 Å². The average molecular weight is 310 g/mol. The number of carboxylic acid groups (broad SMARTS) is 1. The Balaban J connectivity index is 2.91. The Hall–Kier alpha value is -2.02. The minimum atomic E-state index is -1.27. The van der Waals surface area contributed by atoms with Gasteiger partial charge < -0.3 is 15.7 Å². The van der Waals surface area contributed by atoms with Gasteiger partial charge in [0.05, 0.1) is 5.69 Å². The van der Waals surface area contributed by atoms with Crippen LogP contribution in [0.1, 0.15) is 31.1 Å². The molecule has 6 nitrogen and oxygen atoms in total. The third-order valence-corrected chi connectivity index (χ3v) is 3.61. The molecule has 3 N–H and O–H groups in total. The Morgan fingerprint density at radius 1 is 1.19 bits per heavy atom. The van der Waals surface area contributed by atoms with Crippen molar-refractivity contribution in [3.63, 3.8) is 0 Å². The molecule has 1 aromatic rings. The number of carbonyl (C=O) groups is 3. The molecule has 7 heteroatoms. The van der Waals surface area contributed by atoms with Crippen molar-refractivity contribution in [1.82, 2.24) is 5.32 Å². The van der Waals surface area contributed by atoms with Gasteiger partial charge in [-0.15, -0.1) is 11.8 Å². The van der Waals surface area contributed by atoms with Gasteiger partial charge in [-0.3, -0.25) is 9.59 Å². The fraction of sp³-hybridized carbons (Fsp3) is 0.357. The highest BCUT2D eigenvalue weighted by Gasteiger charge is 2.23. The second-order valence-corrected chi connectivity index (χ2v) is 6.29. The number of benzene rings is 1. The number of carbonyl (C=O) groups excluding carboxylic acids is 2. The maximum Gasteiger partial charge on any atom is 0.405 e. The smallest absolute Gasteiger partial charge is 0.405 e. The zero-order valence-corrected chi connectivity index (χ0v) is 12.9. The molecule has 1 rings (SSSR count). The van der Waals surface area contributed by atoms with E-state index in [1.165, 1.54) is 18.7 Å². The topological polar surface area (TPSA) is 95.5 Å². The van der Waals surface area contributed by atoms with Gasteiger partial charge >= 0.3 is 6.09 Å². The van der Waals surface area contributed by atoms with Crippen molar-refractivity contribution < 1.29 is 19.5 Å². The third-order valence-electron chi connectivity index (χ3n) is 2.47. The predicted molar refractivity (Wildman–Crippen MR) is 82.8 cm³/mol. The molecular formula is C14H18N2O4S. The second kappa shape index (κ2) is 7.68. The number of rotatable bonds is 6. The van der Waals surface area contributed by atoms with E-state index in [2.05, 4.69) is 10.6 Å². The highest BCUT2D eigenvalue weighted by Crippen LogP contribution is 2.20. The van der Waals surface area contributed by atoms with Crippen molar-refractivity contribution in [2.24, 2.45) is 0 Å². The molecule has 114 valence electrons. The minimum absolute atomic E-state index is 0.0654. The van der Waals surface area contributed by atoms with Crippen LogP contribution < -0.4 is 10.6 Å². The minimum Gasteiger partial charge on any atom is -0.465 e. The summed E-state index contributed by atoms with van der Waals surface area (Å²) < 4.78 is 0. The predicted octanol–water partition coefficient (Wildman–Crippen LogP) is 2.56. The molecule has 1 atom stereocenters. The molecule has 0 radical (unpaired) electrons. The van der Waals surface area contributed by atoms with Crippen LogP contribution in [0.3, 0.4) is 0 Å². The maximum atomic E-state index is 12.2. The van der Waals surface area contributed by atoms with E-state index in [1.54, 1.807) is 24.3 Å². The summed E-state index contributed by atoms with van der Waals surface area (Å²) in [6.45, 7) is 5.12. The van der Waals surface area contributed by atoms with Crippen molar-refractivity contribution in [3.05, 3.63) is 29.8 Å². The van der Waals surface area contributed by atoms with Gasteiger partial charge in [-0.2, -0.15) is 0 Å². The maximum absolute atomic E-state index is 12.2. The zero-order valence-electron chi connectivity index (χ0n) is 12.0. The van der Waals surface area contributed by atoms with Crippen molar-refractivity contribution in [1.29, 1.82) is 0 Å². The fourth-order valence-corrected chi connectivity index (χ4v) is 2.54. The molecule has 0 aliphatic heterocycles. The number of Topliss-reactive ketones (excluding diaryl/α,β-unsaturated/α-hetero) is 1. The number of hydrogen-bond acceptors (Lipinski definition) is 4. The van der Waals surface area contributed by atoms with E-state index in [1.807, 2.05) is 13.8 Å². The number of amides is 2. The molecule has 21 heavy (non-hydrogen) atoms. The highest BCUT2D eigenvalue weighted by molar-refractivity contribution is 8.01. The number of hydrogen-bond donors (Lipinski definition) is 3. The Bertz CT molecular complexity index is 546. The van der Waals surface area contributed by atoms with E-state index in [4.69, 9.17) is 5.11 Å². The molecule has 0 spiro atoms. The molecule has 0 saturated heterocycles. The first kappa shape index (κ1) is 17.0. The van der Waals surface area contributed by atoms with Gasteiger partial charge in [0.15, 0.2) is 11.2 Å². The molecule has 0 aliphatic rings. The summed E-state index contributed by atoms with van der Waals surface area (Å²) in [5.41, 5.74) is 0.756. The lowest BCUT2D eigenvalue weighted by Gasteiger charge is -2.19. The summed E-state index contributed by atoms with van der Waals surface area (Å²) in [6.07, 6.45) is -1.27. The van der Waals surface area contributed by atoms with Crippen LogP contribution in [0.4, 0.5) is 10.5 Å². The SMILES string of the molecule is CC(=O)c1ccccc1NC(=O)C(NC(=O)O)SC(C)C. The van der Waals surface area contributed by atoms with Gasteiger partial charge in [0.1, 0.15) is 0 Å². The lowest BCUT2D eigenvalue weighted by atomic mass is 10.1. The third kappa shape index (κ3) is 5.47. The lowest BCUT2D eigenvalue weighted by molar-refractivity contribution is -0.116. The summed E-state index contributed by atoms with van der Waals surface area (Å²) in [5, 5.41) is 12.7. The van der Waals surface area contributed by atoms with Crippen molar-refractivity contribution in [2.45, 2.75) is 31.4 Å². The highest BCUT2D eigenvalue weighted by atomic mass is 32.2. The van der Waals surface area contributed by atoms with Crippen LogP contribution in [0.15, 0.2) is 24.3 Å². The summed E-state index contributed by atoms with van der Waals surface area (Å²) in [7, 11) is 0. The van der Waals surface area contributed by atoms with E-state index >= 15 is 0 Å². The van der Waals surface area contributed by atoms with E-state index in [0.29, 0.717) is 11.3 Å². The number of thioether (sulfide) groups is 1. The van der Waals surface area contributed by atoms with E-state index < -0.39 is 17.4 Å². The molecule has 1 aromatic carbocycles. The van der Waals surface area contributed by atoms with Crippen molar-refractivity contribution >= 4 is 35.2 Å². The molecule has 0 aromatic heterocycles. The van der Waals surface area contributed by atoms with Gasteiger partial charge in [0.2, 0.25) is 0 Å². The molecule has 0 bridgehead atoms. The Kier molecular flexibility index (Phi) is 6.23. The van der Waals surface area contributed by atoms with Crippen LogP contribution in [-0.2, 0) is 4.79 Å². The van der Waals surface area contributed by atoms with Crippen LogP contribution in [0, 0.1) is 0 Å². The van der Waals surface area contributed by atoms with Crippen LogP contribution in [0.5, 0.6) is 0 Å². The molecule has 0 fully saturated rings. The quantitative estimate of drug-likeness (QED) is 0.554. The first-order valence-electron chi connectivity index (χ1n) is 6.37. The number of nitrogens with one attached hydrogen (secondary N) is 2. The summed E-state index contributed by atoms with van der Waals surface area (Å²) in [5.74, 6) is -0.685. The Morgan fingerprint density at radius 3 is 2.33 bits per heavy atom. The molecule has 1 unspecified atom stereocenters. The van der Waals surface area contributed by atoms with Gasteiger partial charge in [0.25, 0.3) is 5.91 Å². The molecular weight excluding hydrogens is 292 g/mol. The number of para-hydroxylation sites is 1. The van der Waals surface area contributed by atoms with Crippen LogP contribution in [0.25, 0.3) is 0 Å². The van der Waals surface area contributed by atoms with Gasteiger partial charge in [-0.05, 0) is 19.1 Å². The van der Waals surface area contributed by atoms with Gasteiger partial charge in [-0.25, -0.2) is 4.79 Å². The molecule has 0 heterocycles. The van der Waals surface area contributed by atoms with Crippen molar-refractivity contribution in [2.75, 3.05) is 5.32 Å². The first-order valence-corrected chi connectivity index (χ1v) is 7.31. The fourth-order valence-electron chi connectivity index (χ4n) is 1.64.